The minimum Gasteiger partial charge on any atom is -0.497 e. The number of carbonyl (C=O) groups is 2. The zero-order chi connectivity index (χ0) is 18.0. The summed E-state index contributed by atoms with van der Waals surface area (Å²) in [5.41, 5.74) is 2.81. The Bertz CT molecular complexity index is 942. The number of aromatic nitrogens is 1. The number of aryl methyl sites for hydroxylation is 1. The van der Waals surface area contributed by atoms with Gasteiger partial charge in [-0.05, 0) is 42.5 Å². The van der Waals surface area contributed by atoms with Crippen LogP contribution in [0.1, 0.15) is 17.4 Å². The molecule has 6 heteroatoms. The molecule has 0 atom stereocenters. The van der Waals surface area contributed by atoms with Gasteiger partial charge in [0.05, 0.1) is 12.6 Å². The molecule has 0 fully saturated rings. The van der Waals surface area contributed by atoms with Gasteiger partial charge in [-0.3, -0.25) is 9.59 Å². The number of carbonyl (C=O) groups excluding carboxylic acids is 2. The van der Waals surface area contributed by atoms with Crippen LogP contribution in [0.5, 0.6) is 5.75 Å². The van der Waals surface area contributed by atoms with Crippen molar-refractivity contribution in [3.05, 3.63) is 54.2 Å². The van der Waals surface area contributed by atoms with Gasteiger partial charge in [0.25, 0.3) is 5.91 Å². The summed E-state index contributed by atoms with van der Waals surface area (Å²) in [6, 6.07) is 14.5. The molecule has 3 aromatic rings. The lowest BCUT2D eigenvalue weighted by atomic mass is 10.2. The Morgan fingerprint density at radius 1 is 0.960 bits per heavy atom. The molecule has 3 rings (SSSR count). The average Bonchev–Trinajstić information content (AvgIpc) is 2.92. The molecule has 0 aliphatic heterocycles. The highest BCUT2D eigenvalue weighted by atomic mass is 16.5. The third-order valence-electron chi connectivity index (χ3n) is 3.95. The molecule has 2 N–H and O–H groups in total. The third kappa shape index (κ3) is 3.47. The molecule has 128 valence electrons. The van der Waals surface area contributed by atoms with Crippen molar-refractivity contribution >= 4 is 34.1 Å². The van der Waals surface area contributed by atoms with Crippen molar-refractivity contribution in [3.8, 4) is 5.75 Å². The molecule has 1 heterocycles. The molecule has 1 aromatic heterocycles. The number of nitrogens with zero attached hydrogens (tertiary/aromatic N) is 1. The van der Waals surface area contributed by atoms with E-state index in [1.807, 2.05) is 35.9 Å². The van der Waals surface area contributed by atoms with E-state index in [9.17, 15) is 9.59 Å². The molecular formula is C19H19N3O3. The first-order chi connectivity index (χ1) is 12.0. The van der Waals surface area contributed by atoms with Crippen molar-refractivity contribution in [2.75, 3.05) is 17.7 Å². The topological polar surface area (TPSA) is 72.4 Å². The molecule has 0 saturated carbocycles. The van der Waals surface area contributed by atoms with Gasteiger partial charge in [0.2, 0.25) is 5.91 Å². The molecule has 0 bridgehead atoms. The SMILES string of the molecule is COc1ccc2cc(C(=O)Nc3ccc(NC(C)=O)cc3)n(C)c2c1. The molecule has 25 heavy (non-hydrogen) atoms. The quantitative estimate of drug-likeness (QED) is 0.766. The lowest BCUT2D eigenvalue weighted by Gasteiger charge is -2.08. The summed E-state index contributed by atoms with van der Waals surface area (Å²) in [5, 5.41) is 6.52. The summed E-state index contributed by atoms with van der Waals surface area (Å²) in [6.45, 7) is 1.45. The van der Waals surface area contributed by atoms with E-state index in [0.29, 0.717) is 17.1 Å². The maximum atomic E-state index is 12.6. The Hall–Kier alpha value is -3.28. The Balaban J connectivity index is 1.82. The van der Waals surface area contributed by atoms with E-state index in [4.69, 9.17) is 4.74 Å². The molecule has 0 saturated heterocycles. The molecular weight excluding hydrogens is 318 g/mol. The maximum absolute atomic E-state index is 12.6. The predicted molar refractivity (Wildman–Crippen MR) is 98.2 cm³/mol. The molecule has 2 aromatic carbocycles. The first kappa shape index (κ1) is 16.6. The van der Waals surface area contributed by atoms with Crippen LogP contribution in [0.15, 0.2) is 48.5 Å². The van der Waals surface area contributed by atoms with Crippen LogP contribution in [-0.4, -0.2) is 23.5 Å². The summed E-state index contributed by atoms with van der Waals surface area (Å²) in [4.78, 5) is 23.6. The lowest BCUT2D eigenvalue weighted by molar-refractivity contribution is -0.114. The molecule has 0 spiro atoms. The number of methoxy groups -OCH3 is 1. The van der Waals surface area contributed by atoms with Gasteiger partial charge in [0, 0.05) is 36.8 Å². The van der Waals surface area contributed by atoms with Crippen LogP contribution in [0.4, 0.5) is 11.4 Å². The fourth-order valence-corrected chi connectivity index (χ4v) is 2.69. The summed E-state index contributed by atoms with van der Waals surface area (Å²) >= 11 is 0. The number of hydrogen-bond donors (Lipinski definition) is 2. The maximum Gasteiger partial charge on any atom is 0.272 e. The number of anilines is 2. The fourth-order valence-electron chi connectivity index (χ4n) is 2.69. The lowest BCUT2D eigenvalue weighted by Crippen LogP contribution is -2.15. The van der Waals surface area contributed by atoms with Crippen molar-refractivity contribution in [2.45, 2.75) is 6.92 Å². The van der Waals surface area contributed by atoms with Gasteiger partial charge in [0.1, 0.15) is 11.4 Å². The highest BCUT2D eigenvalue weighted by Crippen LogP contribution is 2.24. The van der Waals surface area contributed by atoms with Crippen LogP contribution >= 0.6 is 0 Å². The first-order valence-corrected chi connectivity index (χ1v) is 7.80. The molecule has 2 amide bonds. The van der Waals surface area contributed by atoms with Crippen LogP contribution < -0.4 is 15.4 Å². The van der Waals surface area contributed by atoms with Crippen molar-refractivity contribution in [1.82, 2.24) is 4.57 Å². The second kappa shape index (κ2) is 6.68. The van der Waals surface area contributed by atoms with E-state index in [1.54, 1.807) is 31.4 Å². The minimum atomic E-state index is -0.204. The zero-order valence-corrected chi connectivity index (χ0v) is 14.3. The van der Waals surface area contributed by atoms with Crippen LogP contribution in [-0.2, 0) is 11.8 Å². The largest absolute Gasteiger partial charge is 0.497 e. The van der Waals surface area contributed by atoms with Crippen molar-refractivity contribution in [1.29, 1.82) is 0 Å². The van der Waals surface area contributed by atoms with Crippen molar-refractivity contribution in [2.24, 2.45) is 7.05 Å². The monoisotopic (exact) mass is 337 g/mol. The van der Waals surface area contributed by atoms with Crippen molar-refractivity contribution < 1.29 is 14.3 Å². The van der Waals surface area contributed by atoms with E-state index in [-0.39, 0.29) is 11.8 Å². The molecule has 0 aliphatic rings. The molecule has 6 nitrogen and oxygen atoms in total. The van der Waals surface area contributed by atoms with E-state index in [2.05, 4.69) is 10.6 Å². The number of rotatable bonds is 4. The van der Waals surface area contributed by atoms with E-state index < -0.39 is 0 Å². The van der Waals surface area contributed by atoms with Gasteiger partial charge in [-0.2, -0.15) is 0 Å². The van der Waals surface area contributed by atoms with Crippen LogP contribution in [0.3, 0.4) is 0 Å². The van der Waals surface area contributed by atoms with Gasteiger partial charge in [0.15, 0.2) is 0 Å². The number of fused-ring (bicyclic) bond motifs is 1. The van der Waals surface area contributed by atoms with Gasteiger partial charge < -0.3 is 19.9 Å². The number of hydrogen-bond acceptors (Lipinski definition) is 3. The predicted octanol–water partition coefficient (Wildman–Crippen LogP) is 3.40. The fraction of sp³-hybridized carbons (Fsp3) is 0.158. The van der Waals surface area contributed by atoms with E-state index >= 15 is 0 Å². The highest BCUT2D eigenvalue weighted by molar-refractivity contribution is 6.06. The normalized spacial score (nSPS) is 10.5. The number of benzene rings is 2. The summed E-state index contributed by atoms with van der Waals surface area (Å²) < 4.78 is 7.07. The zero-order valence-electron chi connectivity index (χ0n) is 14.3. The van der Waals surface area contributed by atoms with Gasteiger partial charge in [-0.1, -0.05) is 0 Å². The van der Waals surface area contributed by atoms with Gasteiger partial charge in [-0.25, -0.2) is 0 Å². The Morgan fingerprint density at radius 3 is 2.20 bits per heavy atom. The molecule has 0 aliphatic carbocycles. The smallest absolute Gasteiger partial charge is 0.272 e. The molecule has 0 radical (unpaired) electrons. The Morgan fingerprint density at radius 2 is 1.60 bits per heavy atom. The second-order valence-electron chi connectivity index (χ2n) is 5.73. The highest BCUT2D eigenvalue weighted by Gasteiger charge is 2.14. The summed E-state index contributed by atoms with van der Waals surface area (Å²) in [6.07, 6.45) is 0. The summed E-state index contributed by atoms with van der Waals surface area (Å²) in [5.74, 6) is 0.405. The van der Waals surface area contributed by atoms with E-state index in [0.717, 1.165) is 16.7 Å². The number of ether oxygens (including phenoxy) is 1. The number of nitrogens with one attached hydrogen (secondary N) is 2. The van der Waals surface area contributed by atoms with Gasteiger partial charge in [-0.15, -0.1) is 0 Å². The van der Waals surface area contributed by atoms with Crippen molar-refractivity contribution in [3.63, 3.8) is 0 Å². The summed E-state index contributed by atoms with van der Waals surface area (Å²) in [7, 11) is 3.46. The van der Waals surface area contributed by atoms with Gasteiger partial charge >= 0.3 is 0 Å². The Kier molecular flexibility index (Phi) is 4.43. The molecule has 0 unspecified atom stereocenters. The average molecular weight is 337 g/mol. The minimum absolute atomic E-state index is 0.136. The Labute approximate surface area is 145 Å². The third-order valence-corrected chi connectivity index (χ3v) is 3.95. The van der Waals surface area contributed by atoms with Crippen LogP contribution in [0.2, 0.25) is 0 Å². The first-order valence-electron chi connectivity index (χ1n) is 7.80. The number of amides is 2. The standard InChI is InChI=1S/C19H19N3O3/c1-12(23)20-14-5-7-15(8-6-14)21-19(24)18-10-13-4-9-16(25-3)11-17(13)22(18)2/h4-11H,1-3H3,(H,20,23)(H,21,24). The van der Waals surface area contributed by atoms with Crippen LogP contribution in [0.25, 0.3) is 10.9 Å². The van der Waals surface area contributed by atoms with E-state index in [1.165, 1.54) is 6.92 Å². The second-order valence-corrected chi connectivity index (χ2v) is 5.73. The van der Waals surface area contributed by atoms with Crippen LogP contribution in [0, 0.1) is 0 Å².